The molecular formula is C34H48N6O7S2. The minimum Gasteiger partial charge on any atom is -0.506 e. The zero-order chi connectivity index (χ0) is 35.9. The summed E-state index contributed by atoms with van der Waals surface area (Å²) >= 11 is 1.46. The van der Waals surface area contributed by atoms with E-state index in [0.717, 1.165) is 16.3 Å². The number of phenolic OH excluding ortho intramolecular Hbond substituents is 1. The number of amides is 3. The number of hydrogen-bond donors (Lipinski definition) is 4. The maximum absolute atomic E-state index is 14.1. The van der Waals surface area contributed by atoms with E-state index in [9.17, 15) is 28.2 Å². The van der Waals surface area contributed by atoms with E-state index in [1.54, 1.807) is 16.9 Å². The van der Waals surface area contributed by atoms with Gasteiger partial charge >= 0.3 is 6.03 Å². The molecule has 3 atom stereocenters. The van der Waals surface area contributed by atoms with Gasteiger partial charge in [0.25, 0.3) is 0 Å². The number of nitrogens with two attached hydrogens (primary N) is 1. The molecule has 1 aromatic heterocycles. The van der Waals surface area contributed by atoms with Gasteiger partial charge in [0.1, 0.15) is 16.8 Å². The molecule has 1 aliphatic rings. The Morgan fingerprint density at radius 2 is 1.84 bits per heavy atom. The SMILES string of the molecule is COCc1nc(CN2CCN(C(C(=O)N[C@@H](Cc3ccccc3)[C@H](O)CN(CC(C)C)S(=O)(=O)c3ccc(O)c(N)c3)C(C)C)C2=O)cs1. The first-order chi connectivity index (χ1) is 23.2. The third-order valence-electron chi connectivity index (χ3n) is 8.27. The van der Waals surface area contributed by atoms with Gasteiger partial charge < -0.3 is 35.8 Å². The molecule has 1 aliphatic heterocycles. The quantitative estimate of drug-likeness (QED) is 0.121. The molecule has 3 amide bonds. The van der Waals surface area contributed by atoms with Crippen LogP contribution in [0, 0.1) is 11.8 Å². The largest absolute Gasteiger partial charge is 0.506 e. The lowest BCUT2D eigenvalue weighted by Crippen LogP contribution is -2.57. The molecule has 49 heavy (non-hydrogen) atoms. The number of ether oxygens (including phenoxy) is 1. The summed E-state index contributed by atoms with van der Waals surface area (Å²) in [4.78, 5) is 35.3. The van der Waals surface area contributed by atoms with Gasteiger partial charge in [0.2, 0.25) is 15.9 Å². The number of carbonyl (C=O) groups is 2. The zero-order valence-corrected chi connectivity index (χ0v) is 30.3. The maximum Gasteiger partial charge on any atom is 0.321 e. The van der Waals surface area contributed by atoms with Gasteiger partial charge in [-0.05, 0) is 42.0 Å². The van der Waals surface area contributed by atoms with Crippen molar-refractivity contribution >= 4 is 39.0 Å². The molecule has 2 aromatic carbocycles. The predicted octanol–water partition coefficient (Wildman–Crippen LogP) is 3.27. The number of phenols is 1. The molecule has 1 fully saturated rings. The van der Waals surface area contributed by atoms with Gasteiger partial charge in [-0.15, -0.1) is 11.3 Å². The summed E-state index contributed by atoms with van der Waals surface area (Å²) in [5, 5.41) is 27.3. The molecule has 1 saturated heterocycles. The number of aromatic nitrogens is 1. The second-order valence-electron chi connectivity index (χ2n) is 13.1. The summed E-state index contributed by atoms with van der Waals surface area (Å²) < 4.78 is 33.9. The minimum atomic E-state index is -4.15. The number of hydrogen-bond acceptors (Lipinski definition) is 10. The van der Waals surface area contributed by atoms with Crippen LogP contribution in [0.25, 0.3) is 0 Å². The molecule has 0 saturated carbocycles. The van der Waals surface area contributed by atoms with E-state index in [2.05, 4.69) is 10.3 Å². The van der Waals surface area contributed by atoms with Gasteiger partial charge in [0, 0.05) is 38.7 Å². The Morgan fingerprint density at radius 1 is 1.12 bits per heavy atom. The number of thiazole rings is 1. The number of nitrogens with one attached hydrogen (secondary N) is 1. The summed E-state index contributed by atoms with van der Waals surface area (Å²) in [7, 11) is -2.55. The van der Waals surface area contributed by atoms with Gasteiger partial charge in [0.15, 0.2) is 0 Å². The fraction of sp³-hybridized carbons (Fsp3) is 0.500. The van der Waals surface area contributed by atoms with Gasteiger partial charge in [-0.1, -0.05) is 58.0 Å². The van der Waals surface area contributed by atoms with Crippen molar-refractivity contribution in [2.45, 2.75) is 70.4 Å². The lowest BCUT2D eigenvalue weighted by atomic mass is 9.97. The van der Waals surface area contributed by atoms with Crippen LogP contribution in [0.5, 0.6) is 5.75 Å². The molecule has 2 heterocycles. The second kappa shape index (κ2) is 16.8. The van der Waals surface area contributed by atoms with E-state index >= 15 is 0 Å². The lowest BCUT2D eigenvalue weighted by Gasteiger charge is -2.34. The number of rotatable bonds is 17. The van der Waals surface area contributed by atoms with E-state index in [-0.39, 0.29) is 53.7 Å². The predicted molar refractivity (Wildman–Crippen MR) is 188 cm³/mol. The average Bonchev–Trinajstić information content (AvgIpc) is 3.64. The van der Waals surface area contributed by atoms with E-state index < -0.39 is 34.1 Å². The Balaban J connectivity index is 1.56. The third-order valence-corrected chi connectivity index (χ3v) is 11.0. The van der Waals surface area contributed by atoms with Gasteiger partial charge in [-0.2, -0.15) is 4.31 Å². The van der Waals surface area contributed by atoms with E-state index in [1.807, 2.05) is 63.4 Å². The minimum absolute atomic E-state index is 0.0856. The van der Waals surface area contributed by atoms with E-state index in [1.165, 1.54) is 33.8 Å². The number of aliphatic hydroxyl groups is 1. The summed E-state index contributed by atoms with van der Waals surface area (Å²) in [6.45, 7) is 8.68. The van der Waals surface area contributed by atoms with Crippen LogP contribution in [0.1, 0.15) is 44.0 Å². The number of aliphatic hydroxyl groups excluding tert-OH is 1. The smallest absolute Gasteiger partial charge is 0.321 e. The number of carbonyl (C=O) groups excluding carboxylic acids is 2. The molecule has 13 nitrogen and oxygen atoms in total. The van der Waals surface area contributed by atoms with Crippen molar-refractivity contribution in [3.63, 3.8) is 0 Å². The summed E-state index contributed by atoms with van der Waals surface area (Å²) in [5.74, 6) is -1.03. The van der Waals surface area contributed by atoms with Crippen molar-refractivity contribution in [2.24, 2.45) is 11.8 Å². The van der Waals surface area contributed by atoms with Crippen LogP contribution in [-0.4, -0.2) is 101 Å². The van der Waals surface area contributed by atoms with Crippen LogP contribution >= 0.6 is 11.3 Å². The highest BCUT2D eigenvalue weighted by Gasteiger charge is 2.40. The van der Waals surface area contributed by atoms with Crippen LogP contribution in [0.15, 0.2) is 58.8 Å². The van der Waals surface area contributed by atoms with Gasteiger partial charge in [-0.25, -0.2) is 18.2 Å². The van der Waals surface area contributed by atoms with Crippen molar-refractivity contribution in [3.8, 4) is 5.75 Å². The summed E-state index contributed by atoms with van der Waals surface area (Å²) in [6, 6.07) is 10.9. The standard InChI is InChI=1S/C34H48N6O7S2/c1-22(2)17-39(49(45,46)26-11-12-29(41)27(35)16-26)19-30(42)28(15-24-9-7-6-8-10-24)37-33(43)32(23(3)4)40-14-13-38(34(40)44)18-25-21-48-31(36-25)20-47-5/h6-12,16,21-23,28,30,32,41-42H,13-15,17-20,35H2,1-5H3,(H,37,43)/t28-,30+,32?/m0/s1. The number of aromatic hydroxyl groups is 1. The molecule has 268 valence electrons. The van der Waals surface area contributed by atoms with Crippen molar-refractivity contribution in [3.05, 3.63) is 70.2 Å². The zero-order valence-electron chi connectivity index (χ0n) is 28.7. The van der Waals surface area contributed by atoms with Crippen LogP contribution in [0.4, 0.5) is 10.5 Å². The molecule has 0 bridgehead atoms. The Labute approximate surface area is 292 Å². The Hall–Kier alpha value is -3.76. The Kier molecular flexibility index (Phi) is 13.0. The van der Waals surface area contributed by atoms with E-state index in [4.69, 9.17) is 10.5 Å². The summed E-state index contributed by atoms with van der Waals surface area (Å²) in [6.07, 6.45) is -1.11. The number of nitrogens with zero attached hydrogens (tertiary/aromatic N) is 4. The number of methoxy groups -OCH3 is 1. The highest BCUT2D eigenvalue weighted by molar-refractivity contribution is 7.89. The highest BCUT2D eigenvalue weighted by Crippen LogP contribution is 2.27. The molecule has 5 N–H and O–H groups in total. The fourth-order valence-corrected chi connectivity index (χ4v) is 8.31. The van der Waals surface area contributed by atoms with E-state index in [0.29, 0.717) is 26.2 Å². The first kappa shape index (κ1) is 38.0. The molecule has 3 aromatic rings. The molecular weight excluding hydrogens is 669 g/mol. The number of benzene rings is 2. The van der Waals surface area contributed by atoms with Crippen LogP contribution in [-0.2, 0) is 39.1 Å². The van der Waals surface area contributed by atoms with Crippen molar-refractivity contribution < 1.29 is 33.0 Å². The topological polar surface area (TPSA) is 179 Å². The Bertz CT molecular complexity index is 1670. The molecule has 4 rings (SSSR count). The first-order valence-corrected chi connectivity index (χ1v) is 18.6. The normalized spacial score (nSPS) is 15.7. The molecule has 1 unspecified atom stereocenters. The third kappa shape index (κ3) is 9.69. The molecule has 0 aliphatic carbocycles. The number of nitrogen functional groups attached to an aromatic ring is 1. The molecule has 15 heteroatoms. The van der Waals surface area contributed by atoms with Crippen LogP contribution < -0.4 is 11.1 Å². The van der Waals surface area contributed by atoms with Crippen molar-refractivity contribution in [1.82, 2.24) is 24.4 Å². The van der Waals surface area contributed by atoms with Gasteiger partial charge in [0.05, 0.1) is 41.6 Å². The average molecular weight is 717 g/mol. The summed E-state index contributed by atoms with van der Waals surface area (Å²) in [5.41, 5.74) is 7.31. The fourth-order valence-electron chi connectivity index (χ4n) is 5.89. The number of urea groups is 1. The number of sulfonamides is 1. The van der Waals surface area contributed by atoms with Crippen LogP contribution in [0.2, 0.25) is 0 Å². The van der Waals surface area contributed by atoms with Crippen molar-refractivity contribution in [2.75, 3.05) is 39.0 Å². The lowest BCUT2D eigenvalue weighted by molar-refractivity contribution is -0.128. The van der Waals surface area contributed by atoms with Crippen LogP contribution in [0.3, 0.4) is 0 Å². The number of anilines is 1. The van der Waals surface area contributed by atoms with Gasteiger partial charge in [-0.3, -0.25) is 4.79 Å². The Morgan fingerprint density at radius 3 is 2.47 bits per heavy atom. The molecule has 0 spiro atoms. The highest BCUT2D eigenvalue weighted by atomic mass is 32.2. The van der Waals surface area contributed by atoms with Crippen molar-refractivity contribution in [1.29, 1.82) is 0 Å². The molecule has 0 radical (unpaired) electrons. The second-order valence-corrected chi connectivity index (χ2v) is 15.9. The first-order valence-electron chi connectivity index (χ1n) is 16.3. The monoisotopic (exact) mass is 716 g/mol. The maximum atomic E-state index is 14.1.